The van der Waals surface area contributed by atoms with E-state index in [0.29, 0.717) is 40.7 Å². The molecule has 0 bridgehead atoms. The molecule has 6 N–H and O–H groups in total. The molecule has 5 amide bonds. The van der Waals surface area contributed by atoms with Gasteiger partial charge in [0, 0.05) is 25.1 Å². The van der Waals surface area contributed by atoms with Crippen molar-refractivity contribution in [2.45, 2.75) is 95.7 Å². The molecule has 4 fully saturated rings. The average Bonchev–Trinajstić information content (AvgIpc) is 3.96. The normalized spacial score (nSPS) is 23.6. The minimum atomic E-state index is -1.23. The highest BCUT2D eigenvalue weighted by molar-refractivity contribution is 6.65. The van der Waals surface area contributed by atoms with Gasteiger partial charge in [-0.1, -0.05) is 42.7 Å². The fourth-order valence-corrected chi connectivity index (χ4v) is 8.24. The molecule has 2 aromatic carbocycles. The Morgan fingerprint density at radius 1 is 1.00 bits per heavy atom. The first-order valence-electron chi connectivity index (χ1n) is 18.1. The van der Waals surface area contributed by atoms with Gasteiger partial charge in [-0.25, -0.2) is 4.79 Å². The van der Waals surface area contributed by atoms with Crippen LogP contribution in [0.4, 0.5) is 16.2 Å². The number of anilines is 2. The summed E-state index contributed by atoms with van der Waals surface area (Å²) in [6.07, 6.45) is 6.70. The van der Waals surface area contributed by atoms with E-state index < -0.39 is 29.1 Å². The van der Waals surface area contributed by atoms with E-state index in [1.54, 1.807) is 11.0 Å². The highest BCUT2D eigenvalue weighted by Gasteiger charge is 2.54. The number of oxime groups is 1. The van der Waals surface area contributed by atoms with Crippen molar-refractivity contribution in [3.63, 3.8) is 0 Å². The molecule has 4 aliphatic carbocycles. The molecule has 270 valence electrons. The Balaban J connectivity index is 1.15. The van der Waals surface area contributed by atoms with Crippen LogP contribution >= 0.6 is 11.6 Å². The second kappa shape index (κ2) is 13.6. The zero-order valence-electron chi connectivity index (χ0n) is 29.2. The van der Waals surface area contributed by atoms with Crippen molar-refractivity contribution < 1.29 is 24.4 Å². The Morgan fingerprint density at radius 3 is 2.25 bits per heavy atom. The minimum Gasteiger partial charge on any atom is -0.410 e. The van der Waals surface area contributed by atoms with Gasteiger partial charge in [-0.15, -0.1) is 0 Å². The number of hydrogen-bond donors (Lipinski definition) is 6. The summed E-state index contributed by atoms with van der Waals surface area (Å²) in [5, 5.41) is 32.6. The highest BCUT2D eigenvalue weighted by atomic mass is 35.5. The van der Waals surface area contributed by atoms with Crippen LogP contribution in [0.15, 0.2) is 41.6 Å². The van der Waals surface area contributed by atoms with Crippen molar-refractivity contribution in [1.82, 2.24) is 15.5 Å². The molecular formula is C38H46ClN7O5. The lowest BCUT2D eigenvalue weighted by atomic mass is 9.88. The first-order valence-corrected chi connectivity index (χ1v) is 18.5. The summed E-state index contributed by atoms with van der Waals surface area (Å²) in [6, 6.07) is 9.96. The van der Waals surface area contributed by atoms with Crippen LogP contribution in [0.25, 0.3) is 0 Å². The maximum atomic E-state index is 14.5. The van der Waals surface area contributed by atoms with Gasteiger partial charge in [0.1, 0.15) is 11.6 Å². The Labute approximate surface area is 302 Å². The molecule has 1 aliphatic heterocycles. The summed E-state index contributed by atoms with van der Waals surface area (Å²) >= 11 is 6.67. The Morgan fingerprint density at radius 2 is 1.69 bits per heavy atom. The Kier molecular flexibility index (Phi) is 9.32. The van der Waals surface area contributed by atoms with Crippen molar-refractivity contribution in [3.05, 3.63) is 58.1 Å². The SMILES string of the molecule is CC(=N)/C(=N\O)C(=O)N[C@H](C(=O)Nc1ccc2c(c1)CC(C(=O)Nc1ccc(C3CC3)cc1Cl)(N1C[C@@H](C(C)C)NC1=O)C2)C(C1CC1)C1CC1. The molecule has 7 rings (SSSR count). The number of urea groups is 1. The lowest BCUT2D eigenvalue weighted by molar-refractivity contribution is -0.125. The fraction of sp³-hybridized carbons (Fsp3) is 0.526. The lowest BCUT2D eigenvalue weighted by Crippen LogP contribution is -2.59. The zero-order chi connectivity index (χ0) is 36.2. The molecule has 51 heavy (non-hydrogen) atoms. The van der Waals surface area contributed by atoms with Gasteiger partial charge in [-0.3, -0.25) is 14.4 Å². The zero-order valence-corrected chi connectivity index (χ0v) is 30.0. The van der Waals surface area contributed by atoms with Gasteiger partial charge in [0.25, 0.3) is 11.8 Å². The second-order valence-corrected chi connectivity index (χ2v) is 15.9. The molecule has 5 aliphatic rings. The van der Waals surface area contributed by atoms with Gasteiger partial charge in [0.05, 0.1) is 22.5 Å². The summed E-state index contributed by atoms with van der Waals surface area (Å²) in [4.78, 5) is 56.7. The number of carbonyl (C=O) groups excluding carboxylic acids is 4. The topological polar surface area (TPSA) is 176 Å². The van der Waals surface area contributed by atoms with Gasteiger partial charge in [-0.05, 0) is 116 Å². The smallest absolute Gasteiger partial charge is 0.318 e. The number of amides is 5. The maximum Gasteiger partial charge on any atom is 0.318 e. The highest BCUT2D eigenvalue weighted by Crippen LogP contribution is 2.51. The van der Waals surface area contributed by atoms with E-state index in [0.717, 1.165) is 55.2 Å². The van der Waals surface area contributed by atoms with Crippen LogP contribution < -0.4 is 21.3 Å². The van der Waals surface area contributed by atoms with Crippen LogP contribution in [0.3, 0.4) is 0 Å². The first-order chi connectivity index (χ1) is 24.4. The summed E-state index contributed by atoms with van der Waals surface area (Å²) < 4.78 is 0. The van der Waals surface area contributed by atoms with Crippen molar-refractivity contribution >= 4 is 58.2 Å². The van der Waals surface area contributed by atoms with Crippen LogP contribution in [0.5, 0.6) is 0 Å². The van der Waals surface area contributed by atoms with Crippen molar-refractivity contribution in [1.29, 1.82) is 5.41 Å². The first kappa shape index (κ1) is 35.0. The van der Waals surface area contributed by atoms with Gasteiger partial charge in [0.15, 0.2) is 5.71 Å². The number of fused-ring (bicyclic) bond motifs is 1. The Bertz CT molecular complexity index is 1810. The standard InChI is InChI=1S/C38H46ClN7O5/c1-19(2)30-18-46(37(50)43-30)38(36(49)42-29-13-11-24(15-28(29)39)21-4-5-21)16-25-10-12-27(14-26(25)17-38)41-35(48)33(31(22-6-7-22)23-8-9-23)44-34(47)32(45-51)20(3)40/h10-15,19,21-23,30-31,33,40,51H,4-9,16-18H2,1-3H3,(H,41,48)(H,42,49)(H,43,50)(H,44,47)/b40-20?,45-32+/t30-,33-,38?/m0/s1. The third-order valence-electron chi connectivity index (χ3n) is 11.4. The van der Waals surface area contributed by atoms with E-state index in [1.807, 2.05) is 44.2 Å². The van der Waals surface area contributed by atoms with Crippen LogP contribution in [-0.4, -0.2) is 69.5 Å². The van der Waals surface area contributed by atoms with Crippen LogP contribution in [-0.2, 0) is 27.2 Å². The third kappa shape index (κ3) is 7.07. The molecule has 13 heteroatoms. The van der Waals surface area contributed by atoms with Gasteiger partial charge in [0.2, 0.25) is 5.91 Å². The number of nitrogens with one attached hydrogen (secondary N) is 5. The fourth-order valence-electron chi connectivity index (χ4n) is 8.01. The number of benzene rings is 2. The summed E-state index contributed by atoms with van der Waals surface area (Å²) in [7, 11) is 0. The van der Waals surface area contributed by atoms with E-state index in [4.69, 9.17) is 17.0 Å². The largest absolute Gasteiger partial charge is 0.410 e. The van der Waals surface area contributed by atoms with E-state index in [-0.39, 0.29) is 48.4 Å². The molecular weight excluding hydrogens is 670 g/mol. The van der Waals surface area contributed by atoms with Crippen molar-refractivity contribution in [2.24, 2.45) is 28.8 Å². The average molecular weight is 716 g/mol. The molecule has 3 atom stereocenters. The van der Waals surface area contributed by atoms with Crippen LogP contribution in [0.2, 0.25) is 5.02 Å². The molecule has 0 radical (unpaired) electrons. The number of hydrogen-bond acceptors (Lipinski definition) is 7. The molecule has 3 saturated carbocycles. The number of nitrogens with zero attached hydrogens (tertiary/aromatic N) is 2. The van der Waals surface area contributed by atoms with E-state index in [1.165, 1.54) is 6.92 Å². The summed E-state index contributed by atoms with van der Waals surface area (Å²) in [5.74, 6) is -0.266. The van der Waals surface area contributed by atoms with Crippen molar-refractivity contribution in [2.75, 3.05) is 17.2 Å². The van der Waals surface area contributed by atoms with Crippen LogP contribution in [0.1, 0.15) is 81.9 Å². The quantitative estimate of drug-likeness (QED) is 0.0914. The van der Waals surface area contributed by atoms with Gasteiger partial charge < -0.3 is 36.8 Å². The van der Waals surface area contributed by atoms with E-state index >= 15 is 0 Å². The van der Waals surface area contributed by atoms with E-state index in [2.05, 4.69) is 26.4 Å². The molecule has 0 aromatic heterocycles. The van der Waals surface area contributed by atoms with E-state index in [9.17, 15) is 24.4 Å². The monoisotopic (exact) mass is 715 g/mol. The molecule has 2 aromatic rings. The molecule has 1 saturated heterocycles. The molecule has 1 heterocycles. The molecule has 0 spiro atoms. The minimum absolute atomic E-state index is 0.0709. The lowest BCUT2D eigenvalue weighted by Gasteiger charge is -2.37. The van der Waals surface area contributed by atoms with Crippen LogP contribution in [0, 0.1) is 29.1 Å². The number of rotatable bonds is 13. The third-order valence-corrected chi connectivity index (χ3v) is 11.7. The maximum absolute atomic E-state index is 14.5. The predicted octanol–water partition coefficient (Wildman–Crippen LogP) is 5.47. The van der Waals surface area contributed by atoms with Gasteiger partial charge in [-0.2, -0.15) is 0 Å². The number of carbonyl (C=O) groups is 4. The van der Waals surface area contributed by atoms with Crippen molar-refractivity contribution in [3.8, 4) is 0 Å². The molecule has 12 nitrogen and oxygen atoms in total. The predicted molar refractivity (Wildman–Crippen MR) is 195 cm³/mol. The Hall–Kier alpha value is -4.45. The second-order valence-electron chi connectivity index (χ2n) is 15.5. The number of halogens is 1. The summed E-state index contributed by atoms with van der Waals surface area (Å²) in [5.41, 5.74) is 2.00. The summed E-state index contributed by atoms with van der Waals surface area (Å²) in [6.45, 7) is 5.80. The molecule has 1 unspecified atom stereocenters. The van der Waals surface area contributed by atoms with Gasteiger partial charge >= 0.3 is 6.03 Å².